The van der Waals surface area contributed by atoms with Gasteiger partial charge < -0.3 is 29.0 Å². The van der Waals surface area contributed by atoms with Crippen LogP contribution >= 0.6 is 0 Å². The first kappa shape index (κ1) is 25.1. The summed E-state index contributed by atoms with van der Waals surface area (Å²) in [4.78, 5) is 48.6. The van der Waals surface area contributed by atoms with Gasteiger partial charge in [-0.3, -0.25) is 9.59 Å². The van der Waals surface area contributed by atoms with Gasteiger partial charge >= 0.3 is 24.0 Å². The molecule has 1 aliphatic heterocycles. The number of hydrogen-bond donors (Lipinski definition) is 1. The minimum atomic E-state index is -1.32. The molecule has 176 valence electrons. The van der Waals surface area contributed by atoms with Gasteiger partial charge in [-0.1, -0.05) is 18.2 Å². The number of rotatable bonds is 5. The van der Waals surface area contributed by atoms with Gasteiger partial charge in [0.1, 0.15) is 11.6 Å². The summed E-state index contributed by atoms with van der Waals surface area (Å²) >= 11 is 0. The number of benzene rings is 1. The molecule has 1 aromatic rings. The molecule has 1 N–H and O–H groups in total. The molecule has 1 amide bonds. The molecule has 32 heavy (non-hydrogen) atoms. The summed E-state index contributed by atoms with van der Waals surface area (Å²) in [6, 6.07) is 6.92. The molecular weight excluding hydrogens is 422 g/mol. The van der Waals surface area contributed by atoms with Crippen LogP contribution in [0.25, 0.3) is 0 Å². The molecule has 10 nitrogen and oxygen atoms in total. The molecule has 0 radical (unpaired) electrons. The minimum absolute atomic E-state index is 0.244. The molecule has 1 saturated heterocycles. The van der Waals surface area contributed by atoms with Crippen LogP contribution < -0.4 is 5.32 Å². The van der Waals surface area contributed by atoms with E-state index in [0.717, 1.165) is 0 Å². The third-order valence-electron chi connectivity index (χ3n) is 4.30. The number of hydrogen-bond acceptors (Lipinski definition) is 9. The van der Waals surface area contributed by atoms with Crippen molar-refractivity contribution in [3.63, 3.8) is 0 Å². The summed E-state index contributed by atoms with van der Waals surface area (Å²) in [5, 5.41) is 2.53. The number of nitrogens with one attached hydrogen (secondary N) is 1. The van der Waals surface area contributed by atoms with Crippen LogP contribution in [0.5, 0.6) is 0 Å². The number of ether oxygens (including phenoxy) is 5. The molecule has 0 aromatic heterocycles. The number of alkyl carbamates (subject to hydrolysis) is 1. The van der Waals surface area contributed by atoms with Gasteiger partial charge in [-0.2, -0.15) is 0 Å². The molecule has 5 atom stereocenters. The zero-order valence-electron chi connectivity index (χ0n) is 18.9. The van der Waals surface area contributed by atoms with Crippen LogP contribution in [0.1, 0.15) is 51.9 Å². The Labute approximate surface area is 186 Å². The first-order chi connectivity index (χ1) is 14.9. The van der Waals surface area contributed by atoms with Crippen LogP contribution in [0.4, 0.5) is 4.79 Å². The molecule has 0 unspecified atom stereocenters. The Bertz CT molecular complexity index is 834. The third kappa shape index (κ3) is 7.23. The molecule has 10 heteroatoms. The van der Waals surface area contributed by atoms with E-state index < -0.39 is 60.2 Å². The second kappa shape index (κ2) is 10.4. The lowest BCUT2D eigenvalue weighted by atomic mass is 9.96. The predicted molar refractivity (Wildman–Crippen MR) is 110 cm³/mol. The normalized spacial score (nSPS) is 25.2. The van der Waals surface area contributed by atoms with Crippen molar-refractivity contribution in [2.75, 3.05) is 0 Å². The Morgan fingerprint density at radius 2 is 1.50 bits per heavy atom. The number of amides is 1. The zero-order valence-corrected chi connectivity index (χ0v) is 18.9. The fourth-order valence-corrected chi connectivity index (χ4v) is 3.12. The van der Waals surface area contributed by atoms with Gasteiger partial charge in [0.25, 0.3) is 0 Å². The van der Waals surface area contributed by atoms with Crippen molar-refractivity contribution in [1.29, 1.82) is 0 Å². The highest BCUT2D eigenvalue weighted by Gasteiger charge is 2.51. The van der Waals surface area contributed by atoms with E-state index in [-0.39, 0.29) is 5.56 Å². The molecule has 1 aliphatic rings. The van der Waals surface area contributed by atoms with Crippen molar-refractivity contribution < 1.29 is 42.9 Å². The van der Waals surface area contributed by atoms with Gasteiger partial charge in [0.15, 0.2) is 12.2 Å². The van der Waals surface area contributed by atoms with Crippen molar-refractivity contribution in [1.82, 2.24) is 5.32 Å². The molecule has 1 fully saturated rings. The SMILES string of the molecule is CC(=O)O[C@H]1O[C@H](C)[C@H](OC(C)=O)[C@H](OC(=O)c2ccccc2)[C@H]1NC(=O)OC(C)(C)C. The van der Waals surface area contributed by atoms with Gasteiger partial charge in [-0.15, -0.1) is 0 Å². The van der Waals surface area contributed by atoms with Crippen molar-refractivity contribution in [2.45, 2.75) is 77.8 Å². The summed E-state index contributed by atoms with van der Waals surface area (Å²) in [6.07, 6.45) is -5.34. The Kier molecular flexibility index (Phi) is 8.20. The maximum absolute atomic E-state index is 12.8. The van der Waals surface area contributed by atoms with E-state index in [4.69, 9.17) is 23.7 Å². The van der Waals surface area contributed by atoms with Crippen molar-refractivity contribution >= 4 is 24.0 Å². The van der Waals surface area contributed by atoms with Crippen molar-refractivity contribution in [3.05, 3.63) is 35.9 Å². The highest BCUT2D eigenvalue weighted by Crippen LogP contribution is 2.28. The average molecular weight is 451 g/mol. The van der Waals surface area contributed by atoms with E-state index in [2.05, 4.69) is 5.32 Å². The van der Waals surface area contributed by atoms with Crippen LogP contribution in [-0.2, 0) is 33.3 Å². The standard InChI is InChI=1S/C22H29NO9/c1-12-17(29-13(2)24)18(31-19(26)15-10-8-7-9-11-15)16(20(28-12)30-14(3)25)23-21(27)32-22(4,5)6/h7-12,16-18,20H,1-6H3,(H,23,27)/t12-,16-,17+,18-,20-/m1/s1. The van der Waals surface area contributed by atoms with Crippen molar-refractivity contribution in [3.8, 4) is 0 Å². The lowest BCUT2D eigenvalue weighted by Crippen LogP contribution is -2.66. The smallest absolute Gasteiger partial charge is 0.408 e. The second-order valence-corrected chi connectivity index (χ2v) is 8.30. The summed E-state index contributed by atoms with van der Waals surface area (Å²) < 4.78 is 27.2. The summed E-state index contributed by atoms with van der Waals surface area (Å²) in [7, 11) is 0. The van der Waals surface area contributed by atoms with Gasteiger partial charge in [0, 0.05) is 13.8 Å². The third-order valence-corrected chi connectivity index (χ3v) is 4.30. The summed E-state index contributed by atoms with van der Waals surface area (Å²) in [5.41, 5.74) is -0.580. The summed E-state index contributed by atoms with van der Waals surface area (Å²) in [6.45, 7) is 8.94. The lowest BCUT2D eigenvalue weighted by Gasteiger charge is -2.43. The zero-order chi connectivity index (χ0) is 24.1. The molecular formula is C22H29NO9. The van der Waals surface area contributed by atoms with Crippen molar-refractivity contribution in [2.24, 2.45) is 0 Å². The summed E-state index contributed by atoms with van der Waals surface area (Å²) in [5.74, 6) is -2.05. The number of carbonyl (C=O) groups excluding carboxylic acids is 4. The number of carbonyl (C=O) groups is 4. The molecule has 1 heterocycles. The lowest BCUT2D eigenvalue weighted by molar-refractivity contribution is -0.257. The Morgan fingerprint density at radius 1 is 0.906 bits per heavy atom. The molecule has 0 spiro atoms. The van der Waals surface area contributed by atoms with Crippen LogP contribution in [0, 0.1) is 0 Å². The monoisotopic (exact) mass is 451 g/mol. The van der Waals surface area contributed by atoms with Crippen LogP contribution in [0.3, 0.4) is 0 Å². The van der Waals surface area contributed by atoms with E-state index in [1.165, 1.54) is 13.8 Å². The first-order valence-electron chi connectivity index (χ1n) is 10.1. The quantitative estimate of drug-likeness (QED) is 0.530. The van der Waals surface area contributed by atoms with Crippen LogP contribution in [0.15, 0.2) is 30.3 Å². The Morgan fingerprint density at radius 3 is 2.03 bits per heavy atom. The molecule has 0 aliphatic carbocycles. The predicted octanol–water partition coefficient (Wildman–Crippen LogP) is 2.34. The average Bonchev–Trinajstić information content (AvgIpc) is 2.66. The second-order valence-electron chi connectivity index (χ2n) is 8.30. The molecule has 2 rings (SSSR count). The van der Waals surface area contributed by atoms with E-state index >= 15 is 0 Å². The van der Waals surface area contributed by atoms with E-state index in [9.17, 15) is 19.2 Å². The van der Waals surface area contributed by atoms with E-state index in [1.807, 2.05) is 0 Å². The fraction of sp³-hybridized carbons (Fsp3) is 0.545. The highest BCUT2D eigenvalue weighted by molar-refractivity contribution is 5.89. The van der Waals surface area contributed by atoms with Gasteiger partial charge in [0.05, 0.1) is 11.7 Å². The maximum atomic E-state index is 12.8. The maximum Gasteiger partial charge on any atom is 0.408 e. The fourth-order valence-electron chi connectivity index (χ4n) is 3.12. The topological polar surface area (TPSA) is 126 Å². The van der Waals surface area contributed by atoms with Gasteiger partial charge in [-0.25, -0.2) is 9.59 Å². The largest absolute Gasteiger partial charge is 0.456 e. The number of esters is 3. The van der Waals surface area contributed by atoms with Gasteiger partial charge in [-0.05, 0) is 39.8 Å². The Hall–Kier alpha value is -3.14. The van der Waals surface area contributed by atoms with E-state index in [0.29, 0.717) is 0 Å². The van der Waals surface area contributed by atoms with Crippen LogP contribution in [-0.4, -0.2) is 60.2 Å². The minimum Gasteiger partial charge on any atom is -0.456 e. The molecule has 1 aromatic carbocycles. The first-order valence-corrected chi connectivity index (χ1v) is 10.1. The molecule has 0 bridgehead atoms. The van der Waals surface area contributed by atoms with Crippen LogP contribution in [0.2, 0.25) is 0 Å². The Balaban J connectivity index is 2.41. The van der Waals surface area contributed by atoms with E-state index in [1.54, 1.807) is 58.0 Å². The highest BCUT2D eigenvalue weighted by atomic mass is 16.7. The van der Waals surface area contributed by atoms with Gasteiger partial charge in [0.2, 0.25) is 6.29 Å². The molecule has 0 saturated carbocycles.